The van der Waals surface area contributed by atoms with Gasteiger partial charge >= 0.3 is 0 Å². The Balaban J connectivity index is 1.56. The van der Waals surface area contributed by atoms with Crippen molar-refractivity contribution >= 4 is 0 Å². The van der Waals surface area contributed by atoms with Gasteiger partial charge in [-0.3, -0.25) is 4.98 Å². The van der Waals surface area contributed by atoms with Crippen LogP contribution in [0.3, 0.4) is 0 Å². The van der Waals surface area contributed by atoms with Crippen LogP contribution in [-0.2, 0) is 13.1 Å². The highest BCUT2D eigenvalue weighted by Gasteiger charge is 2.00. The number of benzene rings is 2. The fourth-order valence-corrected chi connectivity index (χ4v) is 2.44. The Labute approximate surface area is 137 Å². The smallest absolute Gasteiger partial charge is 0.119 e. The Hall–Kier alpha value is -2.65. The molecule has 0 amide bonds. The summed E-state index contributed by atoms with van der Waals surface area (Å²) in [5.41, 5.74) is 4.52. The maximum atomic E-state index is 5.24. The number of hydrogen-bond donors (Lipinski definition) is 1. The highest BCUT2D eigenvalue weighted by atomic mass is 16.5. The fourth-order valence-electron chi connectivity index (χ4n) is 2.44. The van der Waals surface area contributed by atoms with Crippen molar-refractivity contribution in [3.05, 3.63) is 84.1 Å². The van der Waals surface area contributed by atoms with Crippen molar-refractivity contribution in [3.63, 3.8) is 0 Å². The molecule has 3 aromatic rings. The summed E-state index contributed by atoms with van der Waals surface area (Å²) in [6, 6.07) is 22.5. The Morgan fingerprint density at radius 1 is 0.870 bits per heavy atom. The second-order valence-electron chi connectivity index (χ2n) is 5.37. The van der Waals surface area contributed by atoms with Crippen LogP contribution >= 0.6 is 0 Å². The molecule has 0 fully saturated rings. The van der Waals surface area contributed by atoms with Crippen LogP contribution in [0, 0.1) is 0 Å². The lowest BCUT2D eigenvalue weighted by Gasteiger charge is -2.07. The van der Waals surface area contributed by atoms with Gasteiger partial charge in [0.05, 0.1) is 12.8 Å². The first-order valence-electron chi connectivity index (χ1n) is 7.69. The van der Waals surface area contributed by atoms with E-state index in [0.717, 1.165) is 30.1 Å². The van der Waals surface area contributed by atoms with Gasteiger partial charge in [0.25, 0.3) is 0 Å². The molecule has 3 rings (SSSR count). The molecule has 0 unspecified atom stereocenters. The molecule has 0 saturated carbocycles. The van der Waals surface area contributed by atoms with E-state index in [1.165, 1.54) is 11.1 Å². The number of hydrogen-bond acceptors (Lipinski definition) is 3. The summed E-state index contributed by atoms with van der Waals surface area (Å²) in [4.78, 5) is 4.54. The van der Waals surface area contributed by atoms with Crippen molar-refractivity contribution < 1.29 is 4.74 Å². The van der Waals surface area contributed by atoms with E-state index in [9.17, 15) is 0 Å². The minimum Gasteiger partial charge on any atom is -0.497 e. The minimum atomic E-state index is 0.791. The third-order valence-electron chi connectivity index (χ3n) is 3.69. The molecule has 0 aliphatic rings. The lowest BCUT2D eigenvalue weighted by atomic mass is 10.1. The fraction of sp³-hybridized carbons (Fsp3) is 0.150. The van der Waals surface area contributed by atoms with Crippen LogP contribution in [0.4, 0.5) is 0 Å². The topological polar surface area (TPSA) is 34.1 Å². The Morgan fingerprint density at radius 3 is 2.43 bits per heavy atom. The summed E-state index contributed by atoms with van der Waals surface area (Å²) in [5, 5.41) is 3.43. The van der Waals surface area contributed by atoms with Gasteiger partial charge in [0.1, 0.15) is 5.75 Å². The zero-order valence-corrected chi connectivity index (χ0v) is 13.2. The number of nitrogens with one attached hydrogen (secondary N) is 1. The maximum Gasteiger partial charge on any atom is 0.119 e. The largest absolute Gasteiger partial charge is 0.497 e. The SMILES string of the molecule is COc1cccc(CNCc2ccc(-c3ccccc3)nc2)c1. The first-order valence-corrected chi connectivity index (χ1v) is 7.69. The van der Waals surface area contributed by atoms with Crippen LogP contribution in [0.5, 0.6) is 5.75 Å². The molecule has 3 nitrogen and oxygen atoms in total. The summed E-state index contributed by atoms with van der Waals surface area (Å²) >= 11 is 0. The molecule has 1 N–H and O–H groups in total. The normalized spacial score (nSPS) is 10.5. The van der Waals surface area contributed by atoms with Crippen LogP contribution in [-0.4, -0.2) is 12.1 Å². The van der Waals surface area contributed by atoms with Crippen molar-refractivity contribution in [2.45, 2.75) is 13.1 Å². The molecule has 0 bridgehead atoms. The first-order chi connectivity index (χ1) is 11.3. The van der Waals surface area contributed by atoms with Gasteiger partial charge < -0.3 is 10.1 Å². The average molecular weight is 304 g/mol. The van der Waals surface area contributed by atoms with Gasteiger partial charge in [0.15, 0.2) is 0 Å². The molecule has 0 aliphatic carbocycles. The van der Waals surface area contributed by atoms with Gasteiger partial charge in [-0.2, -0.15) is 0 Å². The lowest BCUT2D eigenvalue weighted by molar-refractivity contribution is 0.414. The van der Waals surface area contributed by atoms with E-state index in [2.05, 4.69) is 40.6 Å². The summed E-state index contributed by atoms with van der Waals surface area (Å²) in [6.45, 7) is 1.59. The zero-order chi connectivity index (χ0) is 15.9. The van der Waals surface area contributed by atoms with Crippen LogP contribution < -0.4 is 10.1 Å². The number of aromatic nitrogens is 1. The molecule has 23 heavy (non-hydrogen) atoms. The van der Waals surface area contributed by atoms with Crippen LogP contribution in [0.25, 0.3) is 11.3 Å². The van der Waals surface area contributed by atoms with E-state index in [4.69, 9.17) is 4.74 Å². The number of nitrogens with zero attached hydrogens (tertiary/aromatic N) is 1. The maximum absolute atomic E-state index is 5.24. The molecule has 1 aromatic heterocycles. The summed E-state index contributed by atoms with van der Waals surface area (Å²) in [5.74, 6) is 0.887. The number of methoxy groups -OCH3 is 1. The number of pyridine rings is 1. The highest BCUT2D eigenvalue weighted by molar-refractivity contribution is 5.58. The summed E-state index contributed by atoms with van der Waals surface area (Å²) in [7, 11) is 1.69. The molecule has 116 valence electrons. The van der Waals surface area contributed by atoms with Crippen LogP contribution in [0.15, 0.2) is 72.9 Å². The minimum absolute atomic E-state index is 0.791. The molecular weight excluding hydrogens is 284 g/mol. The highest BCUT2D eigenvalue weighted by Crippen LogP contribution is 2.16. The predicted molar refractivity (Wildman–Crippen MR) is 93.2 cm³/mol. The van der Waals surface area contributed by atoms with Gasteiger partial charge in [-0.15, -0.1) is 0 Å². The summed E-state index contributed by atoms with van der Waals surface area (Å²) < 4.78 is 5.24. The van der Waals surface area contributed by atoms with E-state index in [0.29, 0.717) is 0 Å². The second-order valence-corrected chi connectivity index (χ2v) is 5.37. The van der Waals surface area contributed by atoms with Gasteiger partial charge in [-0.05, 0) is 29.3 Å². The van der Waals surface area contributed by atoms with Crippen LogP contribution in [0.1, 0.15) is 11.1 Å². The van der Waals surface area contributed by atoms with Crippen molar-refractivity contribution in [2.75, 3.05) is 7.11 Å². The van der Waals surface area contributed by atoms with Gasteiger partial charge in [0, 0.05) is 24.8 Å². The molecular formula is C20H20N2O. The van der Waals surface area contributed by atoms with Crippen molar-refractivity contribution in [1.29, 1.82) is 0 Å². The molecule has 0 saturated heterocycles. The first kappa shape index (κ1) is 15.3. The molecule has 0 aliphatic heterocycles. The van der Waals surface area contributed by atoms with E-state index in [-0.39, 0.29) is 0 Å². The number of rotatable bonds is 6. The average Bonchev–Trinajstić information content (AvgIpc) is 2.63. The number of ether oxygens (including phenoxy) is 1. The summed E-state index contributed by atoms with van der Waals surface area (Å²) in [6.07, 6.45) is 1.93. The van der Waals surface area contributed by atoms with Gasteiger partial charge in [0.2, 0.25) is 0 Å². The molecule has 0 spiro atoms. The van der Waals surface area contributed by atoms with Crippen molar-refractivity contribution in [2.24, 2.45) is 0 Å². The van der Waals surface area contributed by atoms with E-state index in [1.54, 1.807) is 7.11 Å². The quantitative estimate of drug-likeness (QED) is 0.746. The third kappa shape index (κ3) is 4.18. The van der Waals surface area contributed by atoms with Gasteiger partial charge in [-0.25, -0.2) is 0 Å². The standard InChI is InChI=1S/C20H20N2O/c1-23-19-9-5-6-16(12-19)13-21-14-17-10-11-20(22-15-17)18-7-3-2-4-8-18/h2-12,15,21H,13-14H2,1H3. The third-order valence-corrected chi connectivity index (χ3v) is 3.69. The lowest BCUT2D eigenvalue weighted by Crippen LogP contribution is -2.12. The molecule has 0 radical (unpaired) electrons. The van der Waals surface area contributed by atoms with Crippen LogP contribution in [0.2, 0.25) is 0 Å². The van der Waals surface area contributed by atoms with E-state index in [1.807, 2.05) is 42.6 Å². The zero-order valence-electron chi connectivity index (χ0n) is 13.2. The van der Waals surface area contributed by atoms with Crippen molar-refractivity contribution in [1.82, 2.24) is 10.3 Å². The molecule has 0 atom stereocenters. The van der Waals surface area contributed by atoms with E-state index >= 15 is 0 Å². The Bertz CT molecular complexity index is 739. The van der Waals surface area contributed by atoms with Gasteiger partial charge in [-0.1, -0.05) is 48.5 Å². The van der Waals surface area contributed by atoms with E-state index < -0.39 is 0 Å². The Morgan fingerprint density at radius 2 is 1.70 bits per heavy atom. The molecule has 1 heterocycles. The monoisotopic (exact) mass is 304 g/mol. The second kappa shape index (κ2) is 7.56. The predicted octanol–water partition coefficient (Wildman–Crippen LogP) is 4.05. The Kier molecular flexibility index (Phi) is 5.02. The molecule has 3 heteroatoms. The molecule has 2 aromatic carbocycles. The van der Waals surface area contributed by atoms with Crippen molar-refractivity contribution in [3.8, 4) is 17.0 Å².